The summed E-state index contributed by atoms with van der Waals surface area (Å²) in [4.78, 5) is 0. The molecule has 0 saturated carbocycles. The van der Waals surface area contributed by atoms with Crippen molar-refractivity contribution in [3.8, 4) is 5.75 Å². The van der Waals surface area contributed by atoms with Crippen LogP contribution in [-0.2, 0) is 16.4 Å². The number of aliphatic hydroxyl groups is 1. The van der Waals surface area contributed by atoms with Crippen molar-refractivity contribution in [1.29, 1.82) is 0 Å². The second kappa shape index (κ2) is 3.83. The average Bonchev–Trinajstić information content (AvgIpc) is 2.16. The van der Waals surface area contributed by atoms with Crippen molar-refractivity contribution < 1.29 is 18.3 Å². The molecule has 5 heteroatoms. The summed E-state index contributed by atoms with van der Waals surface area (Å²) in [6.45, 7) is -0.102. The standard InChI is InChI=1S/C10H12O4S/c11-5-8-3-1-2-4-10(8)14-9-6-15(12,13)7-9/h1-4,9,11H,5-7H2. The van der Waals surface area contributed by atoms with E-state index in [1.54, 1.807) is 24.3 Å². The lowest BCUT2D eigenvalue weighted by molar-refractivity contribution is 0.216. The lowest BCUT2D eigenvalue weighted by Crippen LogP contribution is -2.45. The minimum absolute atomic E-state index is 0.0762. The Labute approximate surface area is 88.4 Å². The fourth-order valence-electron chi connectivity index (χ4n) is 1.51. The fourth-order valence-corrected chi connectivity index (χ4v) is 2.69. The second-order valence-corrected chi connectivity index (χ2v) is 5.74. The van der Waals surface area contributed by atoms with Gasteiger partial charge in [-0.3, -0.25) is 0 Å². The van der Waals surface area contributed by atoms with Crippen molar-refractivity contribution in [2.45, 2.75) is 12.7 Å². The Morgan fingerprint density at radius 3 is 2.60 bits per heavy atom. The topological polar surface area (TPSA) is 63.6 Å². The lowest BCUT2D eigenvalue weighted by Gasteiger charge is -2.27. The number of hydrogen-bond acceptors (Lipinski definition) is 4. The minimum atomic E-state index is -2.86. The molecule has 4 nitrogen and oxygen atoms in total. The van der Waals surface area contributed by atoms with Crippen LogP contribution in [0.25, 0.3) is 0 Å². The summed E-state index contributed by atoms with van der Waals surface area (Å²) in [6, 6.07) is 7.08. The summed E-state index contributed by atoms with van der Waals surface area (Å²) in [5.41, 5.74) is 0.682. The molecular formula is C10H12O4S. The third-order valence-electron chi connectivity index (χ3n) is 2.32. The summed E-state index contributed by atoms with van der Waals surface area (Å²) >= 11 is 0. The molecule has 0 unspecified atom stereocenters. The molecule has 0 radical (unpaired) electrons. The van der Waals surface area contributed by atoms with Crippen LogP contribution in [0.2, 0.25) is 0 Å². The Hall–Kier alpha value is -1.07. The van der Waals surface area contributed by atoms with Crippen LogP contribution < -0.4 is 4.74 Å². The normalized spacial score (nSPS) is 19.5. The van der Waals surface area contributed by atoms with Crippen molar-refractivity contribution in [3.05, 3.63) is 29.8 Å². The summed E-state index contributed by atoms with van der Waals surface area (Å²) in [5, 5.41) is 9.03. The van der Waals surface area contributed by atoms with Crippen molar-refractivity contribution in [2.24, 2.45) is 0 Å². The molecule has 1 heterocycles. The highest BCUT2D eigenvalue weighted by molar-refractivity contribution is 7.92. The van der Waals surface area contributed by atoms with Crippen molar-refractivity contribution in [2.75, 3.05) is 11.5 Å². The zero-order valence-electron chi connectivity index (χ0n) is 8.09. The van der Waals surface area contributed by atoms with Gasteiger partial charge in [0.25, 0.3) is 0 Å². The molecule has 0 aromatic heterocycles. The highest BCUT2D eigenvalue weighted by Gasteiger charge is 2.35. The van der Waals surface area contributed by atoms with Crippen molar-refractivity contribution in [3.63, 3.8) is 0 Å². The molecule has 1 aromatic carbocycles. The predicted molar refractivity (Wildman–Crippen MR) is 55.4 cm³/mol. The Balaban J connectivity index is 2.06. The SMILES string of the molecule is O=S1(=O)CC(Oc2ccccc2CO)C1. The van der Waals surface area contributed by atoms with E-state index in [4.69, 9.17) is 9.84 Å². The van der Waals surface area contributed by atoms with Gasteiger partial charge < -0.3 is 9.84 Å². The molecular weight excluding hydrogens is 216 g/mol. The van der Waals surface area contributed by atoms with Crippen molar-refractivity contribution >= 4 is 9.84 Å². The molecule has 82 valence electrons. The van der Waals surface area contributed by atoms with Gasteiger partial charge >= 0.3 is 0 Å². The molecule has 0 aliphatic carbocycles. The molecule has 1 aliphatic rings. The molecule has 0 amide bonds. The number of para-hydroxylation sites is 1. The van der Waals surface area contributed by atoms with E-state index >= 15 is 0 Å². The van der Waals surface area contributed by atoms with Crippen LogP contribution in [-0.4, -0.2) is 31.1 Å². The molecule has 0 spiro atoms. The second-order valence-electron chi connectivity index (χ2n) is 3.58. The third kappa shape index (κ3) is 2.30. The van der Waals surface area contributed by atoms with Gasteiger partial charge in [-0.15, -0.1) is 0 Å². The van der Waals surface area contributed by atoms with Crippen molar-refractivity contribution in [1.82, 2.24) is 0 Å². The molecule has 0 bridgehead atoms. The monoisotopic (exact) mass is 228 g/mol. The maximum atomic E-state index is 10.9. The maximum Gasteiger partial charge on any atom is 0.157 e. The summed E-state index contributed by atoms with van der Waals surface area (Å²) in [6.07, 6.45) is -0.261. The van der Waals surface area contributed by atoms with Crippen LogP contribution in [0.1, 0.15) is 5.56 Å². The van der Waals surface area contributed by atoms with Gasteiger partial charge in [0, 0.05) is 5.56 Å². The van der Waals surface area contributed by atoms with Crippen LogP contribution in [0.4, 0.5) is 0 Å². The molecule has 1 saturated heterocycles. The first-order chi connectivity index (χ1) is 7.11. The molecule has 2 rings (SSSR count). The van der Waals surface area contributed by atoms with E-state index in [2.05, 4.69) is 0 Å². The van der Waals surface area contributed by atoms with Gasteiger partial charge in [-0.1, -0.05) is 18.2 Å². The summed E-state index contributed by atoms with van der Waals surface area (Å²) in [7, 11) is -2.86. The van der Waals surface area contributed by atoms with Crippen LogP contribution >= 0.6 is 0 Å². The van der Waals surface area contributed by atoms with Crippen LogP contribution in [0, 0.1) is 0 Å². The molecule has 1 aliphatic heterocycles. The molecule has 15 heavy (non-hydrogen) atoms. The van der Waals surface area contributed by atoms with Gasteiger partial charge in [-0.05, 0) is 6.07 Å². The van der Waals surface area contributed by atoms with E-state index in [0.717, 1.165) is 0 Å². The van der Waals surface area contributed by atoms with E-state index in [1.807, 2.05) is 0 Å². The number of aliphatic hydroxyl groups excluding tert-OH is 1. The van der Waals surface area contributed by atoms with Gasteiger partial charge in [0.1, 0.15) is 11.9 Å². The largest absolute Gasteiger partial charge is 0.488 e. The smallest absolute Gasteiger partial charge is 0.157 e. The Bertz CT molecular complexity index is 440. The van der Waals surface area contributed by atoms with Gasteiger partial charge in [-0.2, -0.15) is 0 Å². The molecule has 1 aromatic rings. The molecule has 1 fully saturated rings. The first kappa shape index (κ1) is 10.4. The summed E-state index contributed by atoms with van der Waals surface area (Å²) < 4.78 is 27.3. The van der Waals surface area contributed by atoms with Gasteiger partial charge in [0.2, 0.25) is 0 Å². The van der Waals surface area contributed by atoms with E-state index in [0.29, 0.717) is 11.3 Å². The highest BCUT2D eigenvalue weighted by atomic mass is 32.2. The first-order valence-electron chi connectivity index (χ1n) is 4.66. The number of benzene rings is 1. The Morgan fingerprint density at radius 1 is 1.33 bits per heavy atom. The summed E-state index contributed by atoms with van der Waals surface area (Å²) in [5.74, 6) is 0.722. The average molecular weight is 228 g/mol. The van der Waals surface area contributed by atoms with Gasteiger partial charge in [0.15, 0.2) is 9.84 Å². The van der Waals surface area contributed by atoms with Gasteiger partial charge in [-0.25, -0.2) is 8.42 Å². The van der Waals surface area contributed by atoms with E-state index < -0.39 is 9.84 Å². The molecule has 0 atom stereocenters. The predicted octanol–water partition coefficient (Wildman–Crippen LogP) is 0.355. The fraction of sp³-hybridized carbons (Fsp3) is 0.400. The Kier molecular flexibility index (Phi) is 2.67. The van der Waals surface area contributed by atoms with Crippen LogP contribution in [0.5, 0.6) is 5.75 Å². The zero-order chi connectivity index (χ0) is 10.9. The third-order valence-corrected chi connectivity index (χ3v) is 4.08. The number of ether oxygens (including phenoxy) is 1. The minimum Gasteiger partial charge on any atom is -0.488 e. The van der Waals surface area contributed by atoms with E-state index in [-0.39, 0.29) is 24.2 Å². The molecule has 1 N–H and O–H groups in total. The van der Waals surface area contributed by atoms with E-state index in [9.17, 15) is 8.42 Å². The highest BCUT2D eigenvalue weighted by Crippen LogP contribution is 2.23. The number of hydrogen-bond donors (Lipinski definition) is 1. The maximum absolute atomic E-state index is 10.9. The van der Waals surface area contributed by atoms with E-state index in [1.165, 1.54) is 0 Å². The number of sulfone groups is 1. The van der Waals surface area contributed by atoms with Gasteiger partial charge in [0.05, 0.1) is 18.1 Å². The van der Waals surface area contributed by atoms with Crippen LogP contribution in [0.15, 0.2) is 24.3 Å². The zero-order valence-corrected chi connectivity index (χ0v) is 8.90. The lowest BCUT2D eigenvalue weighted by atomic mass is 10.2. The quantitative estimate of drug-likeness (QED) is 0.811. The number of rotatable bonds is 3. The Morgan fingerprint density at radius 2 is 2.00 bits per heavy atom. The first-order valence-corrected chi connectivity index (χ1v) is 6.49. The van der Waals surface area contributed by atoms with Crippen LogP contribution in [0.3, 0.4) is 0 Å².